The van der Waals surface area contributed by atoms with Gasteiger partial charge in [0.2, 0.25) is 0 Å². The summed E-state index contributed by atoms with van der Waals surface area (Å²) >= 11 is 0. The summed E-state index contributed by atoms with van der Waals surface area (Å²) in [4.78, 5) is 11.5. The molecule has 2 aromatic heterocycles. The Labute approximate surface area is 332 Å². The first-order valence-electron chi connectivity index (χ1n) is 21.2. The maximum Gasteiger partial charge on any atom is 0.132 e. The van der Waals surface area contributed by atoms with Crippen molar-refractivity contribution in [3.63, 3.8) is 0 Å². The molecule has 4 aromatic carbocycles. The standard InChI is InChI=1S/C53H52N2O/c1-51(2,3)37-19-23-47-43(29-37)53(44-30-38(52(4,5)6)20-24-48(44)56-47,49-11-7-9-45(54-49)35-17-21-39-31-13-15-33(25-31)41(39)27-35)50-12-8-10-46(55-50)36-18-22-40-32-14-16-34(26-32)42(40)28-36/h7-12,17-24,27-34H,13-16,25-26H2,1-6H3. The predicted molar refractivity (Wildman–Crippen MR) is 227 cm³/mol. The summed E-state index contributed by atoms with van der Waals surface area (Å²) in [5, 5.41) is 0. The van der Waals surface area contributed by atoms with Crippen LogP contribution in [0.15, 0.2) is 109 Å². The average molecular weight is 733 g/mol. The molecule has 1 aliphatic heterocycles. The van der Waals surface area contributed by atoms with Crippen molar-refractivity contribution in [2.75, 3.05) is 0 Å². The van der Waals surface area contributed by atoms with Crippen molar-refractivity contribution in [1.82, 2.24) is 9.97 Å². The van der Waals surface area contributed by atoms with Gasteiger partial charge in [-0.05, 0) is 167 Å². The summed E-state index contributed by atoms with van der Waals surface area (Å²) in [6.45, 7) is 13.8. The van der Waals surface area contributed by atoms with Gasteiger partial charge < -0.3 is 4.74 Å². The molecule has 4 aliphatic carbocycles. The van der Waals surface area contributed by atoms with Crippen LogP contribution in [0.5, 0.6) is 11.5 Å². The second-order valence-corrected chi connectivity index (χ2v) is 19.7. The second kappa shape index (κ2) is 12.0. The summed E-state index contributed by atoms with van der Waals surface area (Å²) in [5.74, 6) is 4.55. The lowest BCUT2D eigenvalue weighted by molar-refractivity contribution is 0.426. The van der Waals surface area contributed by atoms with Crippen LogP contribution in [0.3, 0.4) is 0 Å². The van der Waals surface area contributed by atoms with E-state index in [2.05, 4.69) is 151 Å². The highest BCUT2D eigenvalue weighted by atomic mass is 16.5. The molecule has 2 saturated carbocycles. The van der Waals surface area contributed by atoms with E-state index in [4.69, 9.17) is 14.7 Å². The number of nitrogens with zero attached hydrogens (tertiary/aromatic N) is 2. The third-order valence-electron chi connectivity index (χ3n) is 14.4. The summed E-state index contributed by atoms with van der Waals surface area (Å²) in [6.07, 6.45) is 7.90. The zero-order valence-corrected chi connectivity index (χ0v) is 33.7. The van der Waals surface area contributed by atoms with Crippen LogP contribution in [-0.4, -0.2) is 9.97 Å². The van der Waals surface area contributed by atoms with E-state index in [1.807, 2.05) is 0 Å². The molecule has 0 amide bonds. The van der Waals surface area contributed by atoms with Crippen LogP contribution >= 0.6 is 0 Å². The Morgan fingerprint density at radius 3 is 1.34 bits per heavy atom. The summed E-state index contributed by atoms with van der Waals surface area (Å²) in [5.41, 5.74) is 16.3. The third kappa shape index (κ3) is 5.08. The van der Waals surface area contributed by atoms with Gasteiger partial charge in [0, 0.05) is 22.3 Å². The van der Waals surface area contributed by atoms with Gasteiger partial charge in [-0.2, -0.15) is 0 Å². The van der Waals surface area contributed by atoms with Gasteiger partial charge in [0.25, 0.3) is 0 Å². The van der Waals surface area contributed by atoms with E-state index < -0.39 is 5.41 Å². The fourth-order valence-corrected chi connectivity index (χ4v) is 11.3. The van der Waals surface area contributed by atoms with Gasteiger partial charge in [-0.15, -0.1) is 0 Å². The van der Waals surface area contributed by atoms with E-state index in [1.165, 1.54) is 60.8 Å². The molecule has 4 atom stereocenters. The SMILES string of the molecule is CC(C)(C)c1ccc2c(c1)C(c1cccc(-c3ccc4c(c3)C3CCC4C3)n1)(c1cccc(-c3ccc4c(c3)C3CCC4C3)n1)c1cc(C(C)(C)C)ccc1O2. The van der Waals surface area contributed by atoms with E-state index in [1.54, 1.807) is 22.3 Å². The molecule has 0 N–H and O–H groups in total. The predicted octanol–water partition coefficient (Wildman–Crippen LogP) is 13.6. The lowest BCUT2D eigenvalue weighted by atomic mass is 9.65. The molecule has 2 fully saturated rings. The zero-order chi connectivity index (χ0) is 38.1. The topological polar surface area (TPSA) is 35.0 Å². The van der Waals surface area contributed by atoms with Crippen LogP contribution in [0.25, 0.3) is 22.5 Å². The van der Waals surface area contributed by atoms with Gasteiger partial charge in [-0.1, -0.05) is 90.1 Å². The van der Waals surface area contributed by atoms with Gasteiger partial charge in [-0.25, -0.2) is 0 Å². The molecular formula is C53H52N2O. The highest BCUT2D eigenvalue weighted by Gasteiger charge is 2.49. The molecule has 5 aliphatic rings. The Bertz CT molecular complexity index is 2400. The van der Waals surface area contributed by atoms with Crippen LogP contribution in [-0.2, 0) is 16.2 Å². The molecule has 0 saturated heterocycles. The smallest absolute Gasteiger partial charge is 0.132 e. The van der Waals surface area contributed by atoms with Crippen molar-refractivity contribution in [2.45, 2.75) is 120 Å². The molecule has 3 heterocycles. The number of fused-ring (bicyclic) bond motifs is 12. The van der Waals surface area contributed by atoms with E-state index in [0.29, 0.717) is 11.8 Å². The normalized spacial score (nSPS) is 22.3. The number of aromatic nitrogens is 2. The Balaban J connectivity index is 1.19. The molecule has 6 aromatic rings. The molecule has 0 spiro atoms. The van der Waals surface area contributed by atoms with Crippen LogP contribution in [0.1, 0.15) is 160 Å². The van der Waals surface area contributed by atoms with E-state index in [0.717, 1.165) is 57.2 Å². The fraction of sp³-hybridized carbons (Fsp3) is 0.358. The van der Waals surface area contributed by atoms with Crippen LogP contribution < -0.4 is 4.74 Å². The Morgan fingerprint density at radius 2 is 0.911 bits per heavy atom. The third-order valence-corrected chi connectivity index (χ3v) is 14.4. The van der Waals surface area contributed by atoms with Gasteiger partial charge >= 0.3 is 0 Å². The first-order valence-corrected chi connectivity index (χ1v) is 21.2. The maximum atomic E-state index is 6.94. The minimum atomic E-state index is -0.858. The van der Waals surface area contributed by atoms with E-state index in [-0.39, 0.29) is 10.8 Å². The van der Waals surface area contributed by atoms with Crippen molar-refractivity contribution in [2.24, 2.45) is 0 Å². The van der Waals surface area contributed by atoms with E-state index >= 15 is 0 Å². The van der Waals surface area contributed by atoms with Crippen molar-refractivity contribution >= 4 is 0 Å². The molecule has 11 rings (SSSR count). The first kappa shape index (κ1) is 34.2. The number of ether oxygens (including phenoxy) is 1. The number of pyridine rings is 2. The van der Waals surface area contributed by atoms with E-state index in [9.17, 15) is 0 Å². The van der Waals surface area contributed by atoms with Gasteiger partial charge in [-0.3, -0.25) is 9.97 Å². The zero-order valence-electron chi connectivity index (χ0n) is 33.7. The average Bonchev–Trinajstić information content (AvgIpc) is 4.02. The van der Waals surface area contributed by atoms with Gasteiger partial charge in [0.15, 0.2) is 0 Å². The minimum absolute atomic E-state index is 0.0769. The highest BCUT2D eigenvalue weighted by Crippen LogP contribution is 2.58. The van der Waals surface area contributed by atoms with Gasteiger partial charge in [0.05, 0.1) is 22.8 Å². The first-order chi connectivity index (χ1) is 26.9. The van der Waals surface area contributed by atoms with Crippen molar-refractivity contribution in [3.8, 4) is 34.0 Å². The highest BCUT2D eigenvalue weighted by molar-refractivity contribution is 5.72. The molecule has 3 heteroatoms. The van der Waals surface area contributed by atoms with Crippen LogP contribution in [0, 0.1) is 0 Å². The van der Waals surface area contributed by atoms with Crippen molar-refractivity contribution in [1.29, 1.82) is 0 Å². The molecule has 0 radical (unpaired) electrons. The maximum absolute atomic E-state index is 6.94. The van der Waals surface area contributed by atoms with Crippen LogP contribution in [0.4, 0.5) is 0 Å². The molecule has 56 heavy (non-hydrogen) atoms. The minimum Gasteiger partial charge on any atom is -0.457 e. The number of rotatable bonds is 4. The molecule has 3 nitrogen and oxygen atoms in total. The lowest BCUT2D eigenvalue weighted by Crippen LogP contribution is -2.37. The quantitative estimate of drug-likeness (QED) is 0.181. The Kier molecular flexibility index (Phi) is 7.34. The number of benzene rings is 4. The second-order valence-electron chi connectivity index (χ2n) is 19.7. The fourth-order valence-electron chi connectivity index (χ4n) is 11.3. The Hall–Kier alpha value is -5.02. The lowest BCUT2D eigenvalue weighted by Gasteiger charge is -2.41. The Morgan fingerprint density at radius 1 is 0.482 bits per heavy atom. The van der Waals surface area contributed by atoms with Crippen molar-refractivity contribution < 1.29 is 4.74 Å². The molecular weight excluding hydrogens is 681 g/mol. The number of hydrogen-bond donors (Lipinski definition) is 0. The summed E-state index contributed by atoms with van der Waals surface area (Å²) < 4.78 is 6.94. The number of hydrogen-bond acceptors (Lipinski definition) is 3. The molecule has 280 valence electrons. The monoisotopic (exact) mass is 732 g/mol. The van der Waals surface area contributed by atoms with Crippen LogP contribution in [0.2, 0.25) is 0 Å². The largest absolute Gasteiger partial charge is 0.457 e. The summed E-state index contributed by atoms with van der Waals surface area (Å²) in [6, 6.07) is 41.3. The molecule has 4 unspecified atom stereocenters. The van der Waals surface area contributed by atoms with Gasteiger partial charge in [0.1, 0.15) is 16.9 Å². The van der Waals surface area contributed by atoms with Crippen molar-refractivity contribution in [3.05, 3.63) is 165 Å². The summed E-state index contributed by atoms with van der Waals surface area (Å²) in [7, 11) is 0. The molecule has 4 bridgehead atoms.